The second-order valence-corrected chi connectivity index (χ2v) is 10.0. The molecule has 0 radical (unpaired) electrons. The average molecular weight is 440 g/mol. The first-order chi connectivity index (χ1) is 15.0. The molecule has 9 heteroatoms. The summed E-state index contributed by atoms with van der Waals surface area (Å²) in [5, 5.41) is 3.36. The number of H-pyrrole nitrogens is 1. The van der Waals surface area contributed by atoms with Crippen LogP contribution in [0.5, 0.6) is 0 Å². The van der Waals surface area contributed by atoms with Crippen LogP contribution in [0.3, 0.4) is 0 Å². The zero-order valence-corrected chi connectivity index (χ0v) is 18.9. The highest BCUT2D eigenvalue weighted by Crippen LogP contribution is 2.46. The zero-order valence-electron chi connectivity index (χ0n) is 18.9. The molecule has 2 heterocycles. The number of carbonyl (C=O) groups is 3. The number of rotatable bonds is 4. The van der Waals surface area contributed by atoms with Gasteiger partial charge in [-0.15, -0.1) is 0 Å². The molecule has 1 aliphatic heterocycles. The molecule has 0 bridgehead atoms. The molecule has 2 atom stereocenters. The number of hydrogen-bond acceptors (Lipinski definition) is 5. The highest BCUT2D eigenvalue weighted by atomic mass is 16.2. The van der Waals surface area contributed by atoms with E-state index in [1.54, 1.807) is 31.3 Å². The van der Waals surface area contributed by atoms with Crippen LogP contribution < -0.4 is 10.9 Å². The summed E-state index contributed by atoms with van der Waals surface area (Å²) in [6.07, 6.45) is 2.11. The first kappa shape index (κ1) is 22.0. The minimum atomic E-state index is -0.942. The molecular weight excluding hydrogens is 410 g/mol. The summed E-state index contributed by atoms with van der Waals surface area (Å²) in [5.74, 6) is -0.121. The second-order valence-electron chi connectivity index (χ2n) is 10.0. The van der Waals surface area contributed by atoms with Crippen molar-refractivity contribution in [2.45, 2.75) is 52.1 Å². The Morgan fingerprint density at radius 1 is 1.22 bits per heavy atom. The first-order valence-corrected chi connectivity index (χ1v) is 10.9. The number of fused-ring (bicyclic) bond motifs is 1. The van der Waals surface area contributed by atoms with Gasteiger partial charge in [0, 0.05) is 7.05 Å². The molecule has 4 amide bonds. The average Bonchev–Trinajstić information content (AvgIpc) is 2.89. The Bertz CT molecular complexity index is 1160. The summed E-state index contributed by atoms with van der Waals surface area (Å²) in [4.78, 5) is 60.5. The van der Waals surface area contributed by atoms with Crippen LogP contribution in [0.2, 0.25) is 0 Å². The van der Waals surface area contributed by atoms with Crippen LogP contribution in [0.15, 0.2) is 29.1 Å². The van der Waals surface area contributed by atoms with E-state index in [9.17, 15) is 19.2 Å². The van der Waals surface area contributed by atoms with Gasteiger partial charge in [0.15, 0.2) is 0 Å². The quantitative estimate of drug-likeness (QED) is 0.707. The maximum absolute atomic E-state index is 13.2. The van der Waals surface area contributed by atoms with Gasteiger partial charge in [0.25, 0.3) is 11.5 Å². The lowest BCUT2D eigenvalue weighted by molar-refractivity contribution is -0.140. The molecule has 2 N–H and O–H groups in total. The smallest absolute Gasteiger partial charge is 0.325 e. The summed E-state index contributed by atoms with van der Waals surface area (Å²) < 4.78 is 0. The van der Waals surface area contributed by atoms with E-state index in [2.05, 4.69) is 36.1 Å². The Balaban J connectivity index is 1.47. The zero-order chi connectivity index (χ0) is 23.3. The van der Waals surface area contributed by atoms with E-state index >= 15 is 0 Å². The third-order valence-corrected chi connectivity index (χ3v) is 6.39. The van der Waals surface area contributed by atoms with Crippen molar-refractivity contribution in [3.8, 4) is 0 Å². The summed E-state index contributed by atoms with van der Waals surface area (Å²) in [5.41, 5.74) is -0.763. The van der Waals surface area contributed by atoms with Gasteiger partial charge in [-0.3, -0.25) is 19.3 Å². The molecule has 4 rings (SSSR count). The van der Waals surface area contributed by atoms with Gasteiger partial charge in [-0.05, 0) is 42.7 Å². The fourth-order valence-corrected chi connectivity index (χ4v) is 5.43. The van der Waals surface area contributed by atoms with E-state index < -0.39 is 17.5 Å². The first-order valence-electron chi connectivity index (χ1n) is 10.9. The van der Waals surface area contributed by atoms with E-state index in [-0.39, 0.29) is 35.9 Å². The van der Waals surface area contributed by atoms with E-state index in [1.165, 1.54) is 4.90 Å². The van der Waals surface area contributed by atoms with Gasteiger partial charge in [-0.2, -0.15) is 0 Å². The highest BCUT2D eigenvalue weighted by molar-refractivity contribution is 6.09. The lowest BCUT2D eigenvalue weighted by atomic mass is 9.64. The minimum absolute atomic E-state index is 0.0533. The molecule has 1 aromatic heterocycles. The molecule has 1 aliphatic carbocycles. The Kier molecular flexibility index (Phi) is 5.30. The molecule has 2 aliphatic rings. The van der Waals surface area contributed by atoms with Crippen molar-refractivity contribution in [1.29, 1.82) is 0 Å². The maximum atomic E-state index is 13.2. The van der Waals surface area contributed by atoms with Crippen LogP contribution in [-0.4, -0.2) is 56.7 Å². The van der Waals surface area contributed by atoms with E-state index in [0.717, 1.165) is 11.3 Å². The number of amides is 4. The normalized spacial score (nSPS) is 24.8. The maximum Gasteiger partial charge on any atom is 0.325 e. The van der Waals surface area contributed by atoms with Crippen LogP contribution in [0.1, 0.15) is 45.9 Å². The van der Waals surface area contributed by atoms with Crippen LogP contribution in [-0.2, 0) is 16.1 Å². The molecule has 2 fully saturated rings. The van der Waals surface area contributed by atoms with Gasteiger partial charge in [-0.25, -0.2) is 9.78 Å². The van der Waals surface area contributed by atoms with Crippen molar-refractivity contribution < 1.29 is 14.4 Å². The number of para-hydroxylation sites is 1. The number of imide groups is 1. The number of aromatic nitrogens is 2. The van der Waals surface area contributed by atoms with Crippen molar-refractivity contribution in [3.63, 3.8) is 0 Å². The third kappa shape index (κ3) is 3.99. The van der Waals surface area contributed by atoms with Gasteiger partial charge in [-0.1, -0.05) is 32.9 Å². The molecule has 170 valence electrons. The predicted octanol–water partition coefficient (Wildman–Crippen LogP) is 2.02. The van der Waals surface area contributed by atoms with Gasteiger partial charge >= 0.3 is 6.03 Å². The monoisotopic (exact) mass is 439 g/mol. The van der Waals surface area contributed by atoms with Crippen LogP contribution >= 0.6 is 0 Å². The van der Waals surface area contributed by atoms with Crippen LogP contribution in [0, 0.1) is 11.3 Å². The minimum Gasteiger partial charge on any atom is -0.337 e. The Labute approximate surface area is 186 Å². The van der Waals surface area contributed by atoms with Crippen LogP contribution in [0.4, 0.5) is 4.79 Å². The molecule has 1 aromatic carbocycles. The molecule has 0 unspecified atom stereocenters. The molecule has 32 heavy (non-hydrogen) atoms. The van der Waals surface area contributed by atoms with Gasteiger partial charge in [0.05, 0.1) is 17.4 Å². The molecule has 1 saturated heterocycles. The van der Waals surface area contributed by atoms with Gasteiger partial charge < -0.3 is 15.2 Å². The van der Waals surface area contributed by atoms with Gasteiger partial charge in [0.2, 0.25) is 5.91 Å². The number of benzene rings is 1. The summed E-state index contributed by atoms with van der Waals surface area (Å²) in [6, 6.07) is 6.43. The lowest BCUT2D eigenvalue weighted by Gasteiger charge is -2.43. The standard InChI is InChI=1S/C23H29N5O4/c1-14-9-22(2,3)13-23(10-14)20(31)28(21(32)26-23)12-18(29)27(4)11-17-24-16-8-6-5-7-15(16)19(30)25-17/h5-8,14H,9-13H2,1-4H3,(H,26,32)(H,24,25,30)/t14-,23+/m1/s1. The van der Waals surface area contributed by atoms with Crippen molar-refractivity contribution in [2.24, 2.45) is 11.3 Å². The SMILES string of the molecule is C[C@@H]1CC(C)(C)C[C@]2(C1)NC(=O)N(CC(=O)N(C)Cc1nc3ccccc3c(=O)[nH]1)C2=O. The number of nitrogens with one attached hydrogen (secondary N) is 2. The molecule has 2 aromatic rings. The van der Waals surface area contributed by atoms with E-state index in [4.69, 9.17) is 0 Å². The number of carbonyl (C=O) groups excluding carboxylic acids is 3. The molecule has 9 nitrogen and oxygen atoms in total. The molecule has 1 saturated carbocycles. The number of urea groups is 1. The number of aromatic amines is 1. The van der Waals surface area contributed by atoms with Crippen LogP contribution in [0.25, 0.3) is 10.9 Å². The van der Waals surface area contributed by atoms with Gasteiger partial charge in [0.1, 0.15) is 17.9 Å². The fourth-order valence-electron chi connectivity index (χ4n) is 5.43. The van der Waals surface area contributed by atoms with Crippen molar-refractivity contribution in [2.75, 3.05) is 13.6 Å². The number of likely N-dealkylation sites (N-methyl/N-ethyl adjacent to an activating group) is 1. The summed E-state index contributed by atoms with van der Waals surface area (Å²) in [7, 11) is 1.55. The van der Waals surface area contributed by atoms with Crippen molar-refractivity contribution in [1.82, 2.24) is 25.1 Å². The predicted molar refractivity (Wildman–Crippen MR) is 119 cm³/mol. The van der Waals surface area contributed by atoms with Crippen molar-refractivity contribution in [3.05, 3.63) is 40.4 Å². The summed E-state index contributed by atoms with van der Waals surface area (Å²) in [6.45, 7) is 5.99. The molecule has 1 spiro atoms. The Hall–Kier alpha value is -3.23. The fraction of sp³-hybridized carbons (Fsp3) is 0.522. The lowest BCUT2D eigenvalue weighted by Crippen LogP contribution is -2.54. The highest BCUT2D eigenvalue weighted by Gasteiger charge is 2.56. The summed E-state index contributed by atoms with van der Waals surface area (Å²) >= 11 is 0. The largest absolute Gasteiger partial charge is 0.337 e. The second kappa shape index (κ2) is 7.72. The Morgan fingerprint density at radius 3 is 2.66 bits per heavy atom. The van der Waals surface area contributed by atoms with Crippen molar-refractivity contribution >= 4 is 28.7 Å². The number of hydrogen-bond donors (Lipinski definition) is 2. The Morgan fingerprint density at radius 2 is 1.94 bits per heavy atom. The van der Waals surface area contributed by atoms with E-state index in [0.29, 0.717) is 29.6 Å². The molecular formula is C23H29N5O4. The third-order valence-electron chi connectivity index (χ3n) is 6.39. The number of nitrogens with zero attached hydrogens (tertiary/aromatic N) is 3. The van der Waals surface area contributed by atoms with E-state index in [1.807, 2.05) is 0 Å². The topological polar surface area (TPSA) is 115 Å².